The van der Waals surface area contributed by atoms with Gasteiger partial charge in [-0.15, -0.1) is 0 Å². The zero-order chi connectivity index (χ0) is 12.8. The van der Waals surface area contributed by atoms with Crippen molar-refractivity contribution in [1.29, 1.82) is 0 Å². The quantitative estimate of drug-likeness (QED) is 0.732. The molecular weight excluding hydrogens is 220 g/mol. The third-order valence-electron chi connectivity index (χ3n) is 2.40. The molecule has 0 aromatic carbocycles. The van der Waals surface area contributed by atoms with E-state index < -0.39 is 5.97 Å². The maximum absolute atomic E-state index is 11.2. The SMILES string of the molecule is COC(=O)c1nccc(NCC(N)C(C)C)n1. The number of esters is 1. The van der Waals surface area contributed by atoms with E-state index in [0.29, 0.717) is 18.3 Å². The van der Waals surface area contributed by atoms with E-state index in [0.717, 1.165) is 0 Å². The lowest BCUT2D eigenvalue weighted by atomic mass is 10.1. The molecule has 94 valence electrons. The van der Waals surface area contributed by atoms with Crippen LogP contribution >= 0.6 is 0 Å². The number of methoxy groups -OCH3 is 1. The van der Waals surface area contributed by atoms with Gasteiger partial charge in [0.2, 0.25) is 5.82 Å². The van der Waals surface area contributed by atoms with Crippen LogP contribution in [0.3, 0.4) is 0 Å². The molecule has 1 atom stereocenters. The van der Waals surface area contributed by atoms with Crippen LogP contribution in [0.2, 0.25) is 0 Å². The first-order valence-corrected chi connectivity index (χ1v) is 5.45. The third-order valence-corrected chi connectivity index (χ3v) is 2.40. The van der Waals surface area contributed by atoms with Crippen LogP contribution in [0.25, 0.3) is 0 Å². The van der Waals surface area contributed by atoms with Gasteiger partial charge in [-0.05, 0) is 12.0 Å². The van der Waals surface area contributed by atoms with Gasteiger partial charge < -0.3 is 15.8 Å². The lowest BCUT2D eigenvalue weighted by Crippen LogP contribution is -2.34. The van der Waals surface area contributed by atoms with Crippen molar-refractivity contribution in [2.24, 2.45) is 11.7 Å². The molecule has 1 aromatic heterocycles. The van der Waals surface area contributed by atoms with Crippen molar-refractivity contribution in [3.63, 3.8) is 0 Å². The van der Waals surface area contributed by atoms with Gasteiger partial charge in [-0.2, -0.15) is 0 Å². The fraction of sp³-hybridized carbons (Fsp3) is 0.545. The zero-order valence-corrected chi connectivity index (χ0v) is 10.3. The second-order valence-electron chi connectivity index (χ2n) is 4.05. The Balaban J connectivity index is 2.63. The molecule has 0 saturated carbocycles. The maximum Gasteiger partial charge on any atom is 0.376 e. The summed E-state index contributed by atoms with van der Waals surface area (Å²) in [5.74, 6) is 0.429. The van der Waals surface area contributed by atoms with Crippen molar-refractivity contribution in [2.75, 3.05) is 19.0 Å². The first-order chi connectivity index (χ1) is 8.04. The first-order valence-electron chi connectivity index (χ1n) is 5.45. The Morgan fingerprint density at radius 2 is 2.29 bits per heavy atom. The average molecular weight is 238 g/mol. The van der Waals surface area contributed by atoms with E-state index in [1.165, 1.54) is 13.3 Å². The van der Waals surface area contributed by atoms with Crippen molar-refractivity contribution in [1.82, 2.24) is 9.97 Å². The van der Waals surface area contributed by atoms with Crippen molar-refractivity contribution in [3.05, 3.63) is 18.1 Å². The lowest BCUT2D eigenvalue weighted by molar-refractivity contribution is 0.0587. The Morgan fingerprint density at radius 3 is 2.88 bits per heavy atom. The minimum absolute atomic E-state index is 0.0338. The number of anilines is 1. The molecule has 1 unspecified atom stereocenters. The van der Waals surface area contributed by atoms with Crippen molar-refractivity contribution >= 4 is 11.8 Å². The highest BCUT2D eigenvalue weighted by Gasteiger charge is 2.11. The molecule has 0 bridgehead atoms. The molecule has 0 aliphatic rings. The molecule has 6 nitrogen and oxygen atoms in total. The number of rotatable bonds is 5. The molecule has 0 amide bonds. The fourth-order valence-corrected chi connectivity index (χ4v) is 1.10. The number of ether oxygens (including phenoxy) is 1. The van der Waals surface area contributed by atoms with Gasteiger partial charge in [0.15, 0.2) is 0 Å². The van der Waals surface area contributed by atoms with Crippen LogP contribution in [0.15, 0.2) is 12.3 Å². The smallest absolute Gasteiger partial charge is 0.376 e. The van der Waals surface area contributed by atoms with E-state index in [1.807, 2.05) is 13.8 Å². The molecule has 17 heavy (non-hydrogen) atoms. The number of hydrogen-bond acceptors (Lipinski definition) is 6. The molecule has 0 radical (unpaired) electrons. The molecule has 1 rings (SSSR count). The third kappa shape index (κ3) is 3.99. The van der Waals surface area contributed by atoms with Gasteiger partial charge in [-0.25, -0.2) is 14.8 Å². The summed E-state index contributed by atoms with van der Waals surface area (Å²) in [5.41, 5.74) is 5.89. The Hall–Kier alpha value is -1.69. The zero-order valence-electron chi connectivity index (χ0n) is 10.3. The van der Waals surface area contributed by atoms with Crippen LogP contribution < -0.4 is 11.1 Å². The van der Waals surface area contributed by atoms with Gasteiger partial charge in [0.1, 0.15) is 5.82 Å². The van der Waals surface area contributed by atoms with E-state index in [4.69, 9.17) is 5.73 Å². The normalized spacial score (nSPS) is 12.3. The second kappa shape index (κ2) is 6.15. The second-order valence-corrected chi connectivity index (χ2v) is 4.05. The van der Waals surface area contributed by atoms with E-state index in [1.54, 1.807) is 6.07 Å². The summed E-state index contributed by atoms with van der Waals surface area (Å²) >= 11 is 0. The Labute approximate surface area is 101 Å². The molecule has 0 aliphatic carbocycles. The summed E-state index contributed by atoms with van der Waals surface area (Å²) in [4.78, 5) is 19.1. The van der Waals surface area contributed by atoms with Gasteiger partial charge in [0.25, 0.3) is 0 Å². The van der Waals surface area contributed by atoms with Crippen LogP contribution in [-0.4, -0.2) is 35.6 Å². The summed E-state index contributed by atoms with van der Waals surface area (Å²) in [6, 6.07) is 1.71. The molecule has 6 heteroatoms. The predicted molar refractivity (Wildman–Crippen MR) is 64.7 cm³/mol. The summed E-state index contributed by atoms with van der Waals surface area (Å²) in [6.45, 7) is 4.69. The Morgan fingerprint density at radius 1 is 1.59 bits per heavy atom. The lowest BCUT2D eigenvalue weighted by Gasteiger charge is -2.16. The molecule has 0 fully saturated rings. The highest BCUT2D eigenvalue weighted by atomic mass is 16.5. The number of carbonyl (C=O) groups excluding carboxylic acids is 1. The Kier molecular flexibility index (Phi) is 4.84. The van der Waals surface area contributed by atoms with Crippen LogP contribution in [0.1, 0.15) is 24.5 Å². The van der Waals surface area contributed by atoms with Gasteiger partial charge >= 0.3 is 5.97 Å². The van der Waals surface area contributed by atoms with Crippen LogP contribution in [0.4, 0.5) is 5.82 Å². The summed E-state index contributed by atoms with van der Waals surface area (Å²) in [7, 11) is 1.29. The molecule has 0 saturated heterocycles. The van der Waals surface area contributed by atoms with Crippen LogP contribution in [-0.2, 0) is 4.74 Å². The standard InChI is InChI=1S/C11H18N4O2/c1-7(2)8(12)6-14-9-4-5-13-10(15-9)11(16)17-3/h4-5,7-8H,6,12H2,1-3H3,(H,13,14,15). The van der Waals surface area contributed by atoms with Gasteiger partial charge in [-0.3, -0.25) is 0 Å². The number of nitrogens with zero attached hydrogens (tertiary/aromatic N) is 2. The highest BCUT2D eigenvalue weighted by molar-refractivity contribution is 5.85. The van der Waals surface area contributed by atoms with E-state index in [2.05, 4.69) is 20.0 Å². The number of carbonyl (C=O) groups is 1. The topological polar surface area (TPSA) is 90.1 Å². The summed E-state index contributed by atoms with van der Waals surface area (Å²) in [6.07, 6.45) is 1.50. The molecule has 0 spiro atoms. The molecular formula is C11H18N4O2. The minimum atomic E-state index is -0.554. The maximum atomic E-state index is 11.2. The van der Waals surface area contributed by atoms with Gasteiger partial charge in [0, 0.05) is 18.8 Å². The molecule has 1 aromatic rings. The largest absolute Gasteiger partial charge is 0.463 e. The molecule has 3 N–H and O–H groups in total. The van der Waals surface area contributed by atoms with E-state index in [9.17, 15) is 4.79 Å². The Bertz CT molecular complexity index is 381. The molecule has 1 heterocycles. The number of aromatic nitrogens is 2. The number of nitrogens with two attached hydrogens (primary N) is 1. The van der Waals surface area contributed by atoms with Gasteiger partial charge in [-0.1, -0.05) is 13.8 Å². The van der Waals surface area contributed by atoms with E-state index >= 15 is 0 Å². The highest BCUT2D eigenvalue weighted by Crippen LogP contribution is 2.05. The fourth-order valence-electron chi connectivity index (χ4n) is 1.10. The monoisotopic (exact) mass is 238 g/mol. The van der Waals surface area contributed by atoms with E-state index in [-0.39, 0.29) is 11.9 Å². The van der Waals surface area contributed by atoms with Crippen LogP contribution in [0, 0.1) is 5.92 Å². The average Bonchev–Trinajstić information content (AvgIpc) is 2.35. The summed E-state index contributed by atoms with van der Waals surface area (Å²) < 4.78 is 4.54. The van der Waals surface area contributed by atoms with Gasteiger partial charge in [0.05, 0.1) is 7.11 Å². The number of hydrogen-bond donors (Lipinski definition) is 2. The minimum Gasteiger partial charge on any atom is -0.463 e. The van der Waals surface area contributed by atoms with Crippen LogP contribution in [0.5, 0.6) is 0 Å². The first kappa shape index (κ1) is 13.4. The molecule has 0 aliphatic heterocycles. The number of nitrogens with one attached hydrogen (secondary N) is 1. The van der Waals surface area contributed by atoms with Crippen molar-refractivity contribution in [3.8, 4) is 0 Å². The summed E-state index contributed by atoms with van der Waals surface area (Å²) in [5, 5.41) is 3.06. The van der Waals surface area contributed by atoms with Crippen molar-refractivity contribution < 1.29 is 9.53 Å². The van der Waals surface area contributed by atoms with Crippen molar-refractivity contribution in [2.45, 2.75) is 19.9 Å². The predicted octanol–water partition coefficient (Wildman–Crippen LogP) is 0.658.